The highest BCUT2D eigenvalue weighted by atomic mass is 79.9. The van der Waals surface area contributed by atoms with Crippen molar-refractivity contribution in [3.63, 3.8) is 0 Å². The minimum atomic E-state index is -0.532. The minimum Gasteiger partial charge on any atom is -0.444 e. The molecule has 1 saturated heterocycles. The van der Waals surface area contributed by atoms with Crippen LogP contribution in [0, 0.1) is 0 Å². The largest absolute Gasteiger partial charge is 0.444 e. The Balaban J connectivity index is 2.23. The van der Waals surface area contributed by atoms with Crippen molar-refractivity contribution in [3.05, 3.63) is 15.9 Å². The van der Waals surface area contributed by atoms with E-state index >= 15 is 0 Å². The lowest BCUT2D eigenvalue weighted by molar-refractivity contribution is 0.0147. The van der Waals surface area contributed by atoms with Crippen LogP contribution in [-0.2, 0) is 22.9 Å². The fraction of sp³-hybridized carbons (Fsp3) is 0.789. The smallest absolute Gasteiger partial charge is 0.410 e. The number of carbonyl (C=O) groups excluding carboxylic acids is 1. The normalized spacial score (nSPS) is 17.0. The predicted octanol–water partition coefficient (Wildman–Crippen LogP) is 3.38. The molecule has 1 unspecified atom stereocenters. The topological polar surface area (TPSA) is 59.8 Å². The molecular formula is C19H33BrN4O3. The quantitative estimate of drug-likeness (QED) is 0.672. The van der Waals surface area contributed by atoms with Crippen LogP contribution in [-0.4, -0.2) is 71.2 Å². The summed E-state index contributed by atoms with van der Waals surface area (Å²) in [4.78, 5) is 16.8. The van der Waals surface area contributed by atoms with Crippen LogP contribution in [0.25, 0.3) is 0 Å². The van der Waals surface area contributed by atoms with Gasteiger partial charge in [0, 0.05) is 33.7 Å². The van der Waals surface area contributed by atoms with Crippen LogP contribution in [0.4, 0.5) is 4.79 Å². The third-order valence-electron chi connectivity index (χ3n) is 4.75. The Morgan fingerprint density at radius 3 is 2.52 bits per heavy atom. The maximum Gasteiger partial charge on any atom is 0.410 e. The molecule has 0 spiro atoms. The second-order valence-electron chi connectivity index (χ2n) is 7.97. The highest BCUT2D eigenvalue weighted by Gasteiger charge is 2.31. The van der Waals surface area contributed by atoms with Gasteiger partial charge in [0.2, 0.25) is 0 Å². The van der Waals surface area contributed by atoms with Crippen LogP contribution in [0.2, 0.25) is 0 Å². The average Bonchev–Trinajstić information content (AvgIpc) is 2.88. The number of morpholine rings is 1. The fourth-order valence-electron chi connectivity index (χ4n) is 3.26. The summed E-state index contributed by atoms with van der Waals surface area (Å²) in [5, 5.41) is 4.72. The molecule has 27 heavy (non-hydrogen) atoms. The molecule has 8 heteroatoms. The molecule has 1 aromatic heterocycles. The lowest BCUT2D eigenvalue weighted by atomic mass is 10.1. The number of ether oxygens (including phenoxy) is 2. The summed E-state index contributed by atoms with van der Waals surface area (Å²) in [6.45, 7) is 12.0. The van der Waals surface area contributed by atoms with Crippen LogP contribution >= 0.6 is 15.9 Å². The first-order valence-corrected chi connectivity index (χ1v) is 10.4. The van der Waals surface area contributed by atoms with Gasteiger partial charge in [-0.2, -0.15) is 5.10 Å². The van der Waals surface area contributed by atoms with Crippen molar-refractivity contribution >= 4 is 22.0 Å². The lowest BCUT2D eigenvalue weighted by Crippen LogP contribution is -2.41. The van der Waals surface area contributed by atoms with Crippen molar-refractivity contribution in [2.24, 2.45) is 7.05 Å². The molecule has 0 saturated carbocycles. The molecule has 1 fully saturated rings. The average molecular weight is 445 g/mol. The van der Waals surface area contributed by atoms with Gasteiger partial charge in [-0.3, -0.25) is 9.58 Å². The standard InChI is InChI=1S/C19H33BrN4O3/c1-7-14-16(20)17(21-23(14)6)15(8-9-24-10-12-26-13-11-24)22(5)18(25)27-19(2,3)4/h15H,7-13H2,1-6H3. The summed E-state index contributed by atoms with van der Waals surface area (Å²) >= 11 is 3.71. The number of hydrogen-bond acceptors (Lipinski definition) is 5. The van der Waals surface area contributed by atoms with Crippen molar-refractivity contribution in [1.29, 1.82) is 0 Å². The molecule has 1 aliphatic heterocycles. The van der Waals surface area contributed by atoms with Gasteiger partial charge in [0.15, 0.2) is 0 Å². The number of nitrogens with zero attached hydrogens (tertiary/aromatic N) is 4. The molecule has 2 rings (SSSR count). The molecule has 0 aromatic carbocycles. The van der Waals surface area contributed by atoms with Crippen LogP contribution < -0.4 is 0 Å². The van der Waals surface area contributed by atoms with Gasteiger partial charge in [0.05, 0.1) is 35.1 Å². The fourth-order valence-corrected chi connectivity index (χ4v) is 4.14. The highest BCUT2D eigenvalue weighted by Crippen LogP contribution is 2.32. The van der Waals surface area contributed by atoms with Crippen LogP contribution in [0.1, 0.15) is 51.5 Å². The number of hydrogen-bond donors (Lipinski definition) is 0. The number of rotatable bonds is 6. The summed E-state index contributed by atoms with van der Waals surface area (Å²) < 4.78 is 13.9. The van der Waals surface area contributed by atoms with Crippen molar-refractivity contribution in [3.8, 4) is 0 Å². The van der Waals surface area contributed by atoms with E-state index in [4.69, 9.17) is 14.6 Å². The monoisotopic (exact) mass is 444 g/mol. The third kappa shape index (κ3) is 5.93. The molecule has 0 aliphatic carbocycles. The van der Waals surface area contributed by atoms with Gasteiger partial charge < -0.3 is 14.4 Å². The maximum absolute atomic E-state index is 12.7. The lowest BCUT2D eigenvalue weighted by Gasteiger charge is -2.32. The van der Waals surface area contributed by atoms with E-state index in [-0.39, 0.29) is 12.1 Å². The van der Waals surface area contributed by atoms with E-state index < -0.39 is 5.60 Å². The van der Waals surface area contributed by atoms with E-state index in [0.29, 0.717) is 0 Å². The second-order valence-corrected chi connectivity index (χ2v) is 8.77. The number of carbonyl (C=O) groups is 1. The molecule has 154 valence electrons. The molecule has 1 aliphatic rings. The second kappa shape index (κ2) is 9.39. The Kier molecular flexibility index (Phi) is 7.71. The summed E-state index contributed by atoms with van der Waals surface area (Å²) in [5.74, 6) is 0. The van der Waals surface area contributed by atoms with Crippen LogP contribution in [0.3, 0.4) is 0 Å². The zero-order valence-electron chi connectivity index (χ0n) is 17.4. The van der Waals surface area contributed by atoms with Gasteiger partial charge in [-0.05, 0) is 49.5 Å². The van der Waals surface area contributed by atoms with Gasteiger partial charge in [-0.15, -0.1) is 0 Å². The molecule has 1 amide bonds. The highest BCUT2D eigenvalue weighted by molar-refractivity contribution is 9.10. The van der Waals surface area contributed by atoms with E-state index in [9.17, 15) is 4.79 Å². The van der Waals surface area contributed by atoms with Crippen LogP contribution in [0.15, 0.2) is 4.47 Å². The van der Waals surface area contributed by atoms with E-state index in [1.54, 1.807) is 11.9 Å². The van der Waals surface area contributed by atoms with Crippen molar-refractivity contribution in [1.82, 2.24) is 19.6 Å². The minimum absolute atomic E-state index is 0.163. The number of amides is 1. The molecule has 2 heterocycles. The van der Waals surface area contributed by atoms with Crippen molar-refractivity contribution in [2.45, 2.75) is 52.2 Å². The van der Waals surface area contributed by atoms with E-state index in [2.05, 4.69) is 27.8 Å². The maximum atomic E-state index is 12.7. The van der Waals surface area contributed by atoms with Crippen LogP contribution in [0.5, 0.6) is 0 Å². The van der Waals surface area contributed by atoms with Gasteiger partial charge >= 0.3 is 6.09 Å². The Bertz CT molecular complexity index is 636. The molecule has 0 radical (unpaired) electrons. The molecule has 1 atom stereocenters. The summed E-state index contributed by atoms with van der Waals surface area (Å²) in [6.07, 6.45) is 1.33. The van der Waals surface area contributed by atoms with E-state index in [1.165, 1.54) is 0 Å². The Morgan fingerprint density at radius 2 is 2.00 bits per heavy atom. The Hall–Kier alpha value is -1.12. The number of halogens is 1. The van der Waals surface area contributed by atoms with Gasteiger partial charge in [-0.1, -0.05) is 6.92 Å². The first-order chi connectivity index (χ1) is 12.6. The van der Waals surface area contributed by atoms with Gasteiger partial charge in [-0.25, -0.2) is 4.79 Å². The zero-order valence-corrected chi connectivity index (χ0v) is 19.0. The molecular weight excluding hydrogens is 412 g/mol. The van der Waals surface area contributed by atoms with Gasteiger partial charge in [0.1, 0.15) is 5.60 Å². The van der Waals surface area contributed by atoms with Crippen molar-refractivity contribution < 1.29 is 14.3 Å². The summed E-state index contributed by atoms with van der Waals surface area (Å²) in [6, 6.07) is -0.163. The molecule has 7 nitrogen and oxygen atoms in total. The zero-order chi connectivity index (χ0) is 20.2. The Labute approximate surface area is 171 Å². The SMILES string of the molecule is CCc1c(Br)c(C(CCN2CCOCC2)N(C)C(=O)OC(C)(C)C)nn1C. The molecule has 0 bridgehead atoms. The first-order valence-electron chi connectivity index (χ1n) is 9.61. The van der Waals surface area contributed by atoms with Crippen molar-refractivity contribution in [2.75, 3.05) is 39.9 Å². The Morgan fingerprint density at radius 1 is 1.37 bits per heavy atom. The number of aryl methyl sites for hydroxylation is 1. The predicted molar refractivity (Wildman–Crippen MR) is 109 cm³/mol. The summed E-state index contributed by atoms with van der Waals surface area (Å²) in [7, 11) is 3.74. The van der Waals surface area contributed by atoms with Gasteiger partial charge in [0.25, 0.3) is 0 Å². The van der Waals surface area contributed by atoms with E-state index in [1.807, 2.05) is 32.5 Å². The first kappa shape index (κ1) is 22.2. The third-order valence-corrected chi connectivity index (χ3v) is 5.61. The molecule has 1 aromatic rings. The number of aromatic nitrogens is 2. The summed E-state index contributed by atoms with van der Waals surface area (Å²) in [5.41, 5.74) is 1.48. The van der Waals surface area contributed by atoms with E-state index in [0.717, 1.165) is 61.6 Å². The molecule has 0 N–H and O–H groups in total.